The summed E-state index contributed by atoms with van der Waals surface area (Å²) in [6, 6.07) is 8.28. The van der Waals surface area contributed by atoms with Gasteiger partial charge in [-0.15, -0.1) is 11.3 Å². The number of aromatic nitrogens is 2. The van der Waals surface area contributed by atoms with Gasteiger partial charge in [0.25, 0.3) is 17.4 Å². The summed E-state index contributed by atoms with van der Waals surface area (Å²) in [5.41, 5.74) is 7.58. The molecule has 0 saturated carbocycles. The first kappa shape index (κ1) is 15.3. The Labute approximate surface area is 145 Å². The maximum Gasteiger partial charge on any atom is 0.262 e. The Hall–Kier alpha value is -3.26. The lowest BCUT2D eigenvalue weighted by atomic mass is 10.1. The number of aryl methyl sites for hydroxylation is 1. The van der Waals surface area contributed by atoms with E-state index in [2.05, 4.69) is 10.3 Å². The van der Waals surface area contributed by atoms with Gasteiger partial charge in [0.1, 0.15) is 5.82 Å². The van der Waals surface area contributed by atoms with E-state index in [9.17, 15) is 14.4 Å². The molecule has 0 atom stereocenters. The molecule has 2 amide bonds. The monoisotopic (exact) mass is 352 g/mol. The second kappa shape index (κ2) is 5.38. The molecule has 3 heterocycles. The molecule has 1 aliphatic rings. The van der Waals surface area contributed by atoms with Crippen LogP contribution in [0.25, 0.3) is 16.9 Å². The average Bonchev–Trinajstić information content (AvgIpc) is 3.12. The van der Waals surface area contributed by atoms with Crippen molar-refractivity contribution in [3.63, 3.8) is 0 Å². The number of nitrogen functional groups attached to an aromatic ring is 1. The number of rotatable bonds is 2. The van der Waals surface area contributed by atoms with Gasteiger partial charge in [-0.1, -0.05) is 18.2 Å². The van der Waals surface area contributed by atoms with Crippen molar-refractivity contribution >= 4 is 29.0 Å². The van der Waals surface area contributed by atoms with Gasteiger partial charge in [0.05, 0.1) is 27.5 Å². The third kappa shape index (κ3) is 2.26. The summed E-state index contributed by atoms with van der Waals surface area (Å²) in [6.07, 6.45) is 0. The van der Waals surface area contributed by atoms with Gasteiger partial charge in [-0.2, -0.15) is 0 Å². The molecule has 2 aromatic heterocycles. The minimum atomic E-state index is -0.612. The Balaban J connectivity index is 2.02. The van der Waals surface area contributed by atoms with E-state index in [1.54, 1.807) is 12.1 Å². The van der Waals surface area contributed by atoms with Crippen molar-refractivity contribution in [1.29, 1.82) is 0 Å². The number of thiazole rings is 1. The molecular weight excluding hydrogens is 340 g/mol. The second-order valence-corrected chi connectivity index (χ2v) is 6.61. The zero-order chi connectivity index (χ0) is 17.7. The van der Waals surface area contributed by atoms with Crippen molar-refractivity contribution in [3.05, 3.63) is 62.2 Å². The van der Waals surface area contributed by atoms with Crippen LogP contribution in [0.5, 0.6) is 0 Å². The molecule has 0 bridgehead atoms. The molecule has 0 radical (unpaired) electrons. The first-order valence-electron chi connectivity index (χ1n) is 7.40. The predicted octanol–water partition coefficient (Wildman–Crippen LogP) is 1.74. The summed E-state index contributed by atoms with van der Waals surface area (Å²) in [6.45, 7) is 1.89. The highest BCUT2D eigenvalue weighted by Crippen LogP contribution is 2.30. The fraction of sp³-hybridized carbons (Fsp3) is 0.0588. The van der Waals surface area contributed by atoms with E-state index in [1.807, 2.05) is 24.4 Å². The number of imide groups is 1. The maximum absolute atomic E-state index is 12.6. The molecule has 8 heteroatoms. The highest BCUT2D eigenvalue weighted by molar-refractivity contribution is 7.09. The number of carbonyl (C=O) groups excluding carboxylic acids is 2. The Kier molecular flexibility index (Phi) is 3.29. The molecule has 0 saturated heterocycles. The second-order valence-electron chi connectivity index (χ2n) is 5.54. The zero-order valence-corrected chi connectivity index (χ0v) is 13.9. The number of fused-ring (bicyclic) bond motifs is 1. The number of nitrogens with two attached hydrogens (primary N) is 1. The number of carbonyl (C=O) groups is 2. The lowest BCUT2D eigenvalue weighted by Crippen LogP contribution is -2.24. The number of para-hydroxylation sites is 1. The summed E-state index contributed by atoms with van der Waals surface area (Å²) in [7, 11) is 0. The molecule has 0 unspecified atom stereocenters. The number of amides is 2. The van der Waals surface area contributed by atoms with Crippen LogP contribution in [0.4, 0.5) is 5.82 Å². The highest BCUT2D eigenvalue weighted by Gasteiger charge is 2.32. The number of pyridine rings is 1. The van der Waals surface area contributed by atoms with Crippen molar-refractivity contribution < 1.29 is 9.59 Å². The van der Waals surface area contributed by atoms with Gasteiger partial charge in [0.2, 0.25) is 0 Å². The quantitative estimate of drug-likeness (QED) is 0.683. The molecular formula is C17H12N4O3S. The van der Waals surface area contributed by atoms with Crippen molar-refractivity contribution in [1.82, 2.24) is 14.9 Å². The van der Waals surface area contributed by atoms with Crippen LogP contribution in [0.2, 0.25) is 0 Å². The van der Waals surface area contributed by atoms with E-state index >= 15 is 0 Å². The number of hydrogen-bond donors (Lipinski definition) is 2. The largest absolute Gasteiger partial charge is 0.384 e. The van der Waals surface area contributed by atoms with Crippen LogP contribution in [0.15, 0.2) is 40.5 Å². The Morgan fingerprint density at radius 1 is 1.12 bits per heavy atom. The number of hydrogen-bond acceptors (Lipinski definition) is 6. The van der Waals surface area contributed by atoms with E-state index in [-0.39, 0.29) is 16.9 Å². The van der Waals surface area contributed by atoms with Crippen molar-refractivity contribution in [3.8, 4) is 16.9 Å². The minimum absolute atomic E-state index is 0.00531. The van der Waals surface area contributed by atoms with Gasteiger partial charge in [-0.3, -0.25) is 24.3 Å². The fourth-order valence-corrected chi connectivity index (χ4v) is 3.51. The average molecular weight is 352 g/mol. The molecule has 0 fully saturated rings. The smallest absolute Gasteiger partial charge is 0.262 e. The van der Waals surface area contributed by atoms with Gasteiger partial charge in [0.15, 0.2) is 0 Å². The SMILES string of the molecule is Cc1nc(-c2ccccc2-n2c(N)c3c(cc2=O)C(=O)NC3=O)cs1. The Morgan fingerprint density at radius 2 is 1.88 bits per heavy atom. The standard InChI is InChI=1S/C17H12N4O3S/c1-8-19-11(7-25-8)9-4-2-3-5-12(9)21-13(22)6-10-14(15(21)18)17(24)20-16(10)23/h2-7H,18H2,1H3,(H,20,23,24). The third-order valence-corrected chi connectivity index (χ3v) is 4.77. The molecule has 25 heavy (non-hydrogen) atoms. The third-order valence-electron chi connectivity index (χ3n) is 3.99. The molecule has 0 aliphatic carbocycles. The molecule has 7 nitrogen and oxygen atoms in total. The lowest BCUT2D eigenvalue weighted by Gasteiger charge is -2.14. The number of nitrogens with zero attached hydrogens (tertiary/aromatic N) is 2. The summed E-state index contributed by atoms with van der Waals surface area (Å²) in [4.78, 5) is 40.9. The molecule has 124 valence electrons. The lowest BCUT2D eigenvalue weighted by molar-refractivity contribution is 0.0880. The van der Waals surface area contributed by atoms with Crippen LogP contribution >= 0.6 is 11.3 Å². The molecule has 3 N–H and O–H groups in total. The van der Waals surface area contributed by atoms with E-state index in [4.69, 9.17) is 5.73 Å². The maximum atomic E-state index is 12.6. The first-order chi connectivity index (χ1) is 12.0. The first-order valence-corrected chi connectivity index (χ1v) is 8.28. The van der Waals surface area contributed by atoms with Crippen LogP contribution in [0.1, 0.15) is 25.7 Å². The molecule has 3 aromatic rings. The Morgan fingerprint density at radius 3 is 2.60 bits per heavy atom. The predicted molar refractivity (Wildman–Crippen MR) is 94.1 cm³/mol. The minimum Gasteiger partial charge on any atom is -0.384 e. The van der Waals surface area contributed by atoms with Gasteiger partial charge in [-0.05, 0) is 13.0 Å². The van der Waals surface area contributed by atoms with E-state index in [0.29, 0.717) is 16.9 Å². The van der Waals surface area contributed by atoms with Crippen LogP contribution in [0, 0.1) is 6.92 Å². The summed E-state index contributed by atoms with van der Waals surface area (Å²) in [5, 5.41) is 4.94. The molecule has 1 aromatic carbocycles. The van der Waals surface area contributed by atoms with Crippen LogP contribution < -0.4 is 16.6 Å². The summed E-state index contributed by atoms with van der Waals surface area (Å²) in [5.74, 6) is -1.28. The normalized spacial score (nSPS) is 13.0. The van der Waals surface area contributed by atoms with Crippen molar-refractivity contribution in [2.45, 2.75) is 6.92 Å². The van der Waals surface area contributed by atoms with Gasteiger partial charge in [0, 0.05) is 17.0 Å². The topological polar surface area (TPSA) is 107 Å². The van der Waals surface area contributed by atoms with Crippen molar-refractivity contribution in [2.75, 3.05) is 5.73 Å². The van der Waals surface area contributed by atoms with Gasteiger partial charge in [-0.25, -0.2) is 4.98 Å². The molecule has 1 aliphatic heterocycles. The van der Waals surface area contributed by atoms with Gasteiger partial charge >= 0.3 is 0 Å². The summed E-state index contributed by atoms with van der Waals surface area (Å²) < 4.78 is 1.24. The van der Waals surface area contributed by atoms with E-state index in [0.717, 1.165) is 11.1 Å². The number of nitrogens with one attached hydrogen (secondary N) is 1. The van der Waals surface area contributed by atoms with Crippen LogP contribution in [0.3, 0.4) is 0 Å². The zero-order valence-electron chi connectivity index (χ0n) is 13.1. The highest BCUT2D eigenvalue weighted by atomic mass is 32.1. The Bertz CT molecular complexity index is 1110. The van der Waals surface area contributed by atoms with Crippen LogP contribution in [-0.4, -0.2) is 21.4 Å². The molecule has 4 rings (SSSR count). The van der Waals surface area contributed by atoms with E-state index < -0.39 is 17.4 Å². The van der Waals surface area contributed by atoms with Crippen molar-refractivity contribution in [2.24, 2.45) is 0 Å². The van der Waals surface area contributed by atoms with Gasteiger partial charge < -0.3 is 5.73 Å². The van der Waals surface area contributed by atoms with E-state index in [1.165, 1.54) is 15.9 Å². The van der Waals surface area contributed by atoms with Crippen LogP contribution in [-0.2, 0) is 0 Å². The number of benzene rings is 1. The summed E-state index contributed by atoms with van der Waals surface area (Å²) >= 11 is 1.49. The fourth-order valence-electron chi connectivity index (χ4n) is 2.90. The molecule has 0 spiro atoms. The number of anilines is 1.